The van der Waals surface area contributed by atoms with Gasteiger partial charge in [-0.25, -0.2) is 4.79 Å². The lowest BCUT2D eigenvalue weighted by Crippen LogP contribution is -2.35. The topological polar surface area (TPSA) is 47.4 Å². The van der Waals surface area contributed by atoms with E-state index in [1.54, 1.807) is 11.1 Å². The van der Waals surface area contributed by atoms with E-state index in [2.05, 4.69) is 21.0 Å². The van der Waals surface area contributed by atoms with Crippen LogP contribution in [-0.4, -0.2) is 39.5 Å². The highest BCUT2D eigenvalue weighted by Gasteiger charge is 2.30. The summed E-state index contributed by atoms with van der Waals surface area (Å²) >= 11 is 3.37. The van der Waals surface area contributed by atoms with E-state index in [9.17, 15) is 4.79 Å². The van der Waals surface area contributed by atoms with Gasteiger partial charge in [-0.2, -0.15) is 5.10 Å². The van der Waals surface area contributed by atoms with Crippen molar-refractivity contribution in [3.05, 3.63) is 16.9 Å². The molecule has 0 N–H and O–H groups in total. The number of halogens is 1. The van der Waals surface area contributed by atoms with E-state index in [4.69, 9.17) is 4.74 Å². The molecular formula is C12H18BrN3O2. The molecule has 0 aliphatic carbocycles. The van der Waals surface area contributed by atoms with Crippen LogP contribution in [0.5, 0.6) is 0 Å². The molecule has 1 saturated heterocycles. The zero-order valence-corrected chi connectivity index (χ0v) is 12.5. The average molecular weight is 316 g/mol. The molecular weight excluding hydrogens is 298 g/mol. The second kappa shape index (κ2) is 4.91. The molecule has 2 heterocycles. The Morgan fingerprint density at radius 1 is 1.56 bits per heavy atom. The Morgan fingerprint density at radius 2 is 2.28 bits per heavy atom. The average Bonchev–Trinajstić information content (AvgIpc) is 2.82. The predicted octanol–water partition coefficient (Wildman–Crippen LogP) is 2.83. The van der Waals surface area contributed by atoms with Crippen LogP contribution in [0.25, 0.3) is 0 Å². The molecule has 2 rings (SSSR count). The molecule has 0 bridgehead atoms. The molecule has 6 heteroatoms. The van der Waals surface area contributed by atoms with Gasteiger partial charge in [-0.05, 0) is 43.1 Å². The zero-order valence-electron chi connectivity index (χ0n) is 10.9. The van der Waals surface area contributed by atoms with E-state index >= 15 is 0 Å². The first-order valence-electron chi connectivity index (χ1n) is 6.03. The molecule has 1 unspecified atom stereocenters. The molecule has 1 amide bonds. The van der Waals surface area contributed by atoms with E-state index < -0.39 is 5.60 Å². The van der Waals surface area contributed by atoms with E-state index in [0.717, 1.165) is 17.4 Å². The minimum Gasteiger partial charge on any atom is -0.444 e. The number of hydrogen-bond donors (Lipinski definition) is 0. The number of nitrogens with zero attached hydrogens (tertiary/aromatic N) is 3. The fourth-order valence-electron chi connectivity index (χ4n) is 1.96. The van der Waals surface area contributed by atoms with Gasteiger partial charge in [0.25, 0.3) is 0 Å². The maximum Gasteiger partial charge on any atom is 0.410 e. The number of ether oxygens (including phenoxy) is 1. The molecule has 0 spiro atoms. The minimum atomic E-state index is -0.441. The minimum absolute atomic E-state index is 0.240. The van der Waals surface area contributed by atoms with Crippen LogP contribution in [0.1, 0.15) is 33.2 Å². The second-order valence-electron chi connectivity index (χ2n) is 5.51. The zero-order chi connectivity index (χ0) is 13.3. The highest BCUT2D eigenvalue weighted by Crippen LogP contribution is 2.24. The van der Waals surface area contributed by atoms with Gasteiger partial charge in [-0.3, -0.25) is 4.68 Å². The summed E-state index contributed by atoms with van der Waals surface area (Å²) in [5.74, 6) is 0. The number of hydrogen-bond acceptors (Lipinski definition) is 3. The maximum absolute atomic E-state index is 11.9. The summed E-state index contributed by atoms with van der Waals surface area (Å²) in [7, 11) is 0. The third kappa shape index (κ3) is 3.25. The molecule has 0 aromatic carbocycles. The van der Waals surface area contributed by atoms with Crippen molar-refractivity contribution < 1.29 is 9.53 Å². The molecule has 100 valence electrons. The van der Waals surface area contributed by atoms with Crippen LogP contribution in [0.15, 0.2) is 16.9 Å². The first-order valence-corrected chi connectivity index (χ1v) is 6.82. The summed E-state index contributed by atoms with van der Waals surface area (Å²) < 4.78 is 8.21. The quantitative estimate of drug-likeness (QED) is 0.800. The molecule has 1 fully saturated rings. The Kier molecular flexibility index (Phi) is 3.66. The third-order valence-corrected chi connectivity index (χ3v) is 3.17. The lowest BCUT2D eigenvalue weighted by Gasteiger charge is -2.24. The van der Waals surface area contributed by atoms with Crippen LogP contribution in [0.4, 0.5) is 4.79 Å². The largest absolute Gasteiger partial charge is 0.444 e. The monoisotopic (exact) mass is 315 g/mol. The van der Waals surface area contributed by atoms with Crippen LogP contribution >= 0.6 is 15.9 Å². The van der Waals surface area contributed by atoms with Crippen molar-refractivity contribution in [2.24, 2.45) is 0 Å². The smallest absolute Gasteiger partial charge is 0.410 e. The SMILES string of the molecule is CC(C)(C)OC(=O)N1CCC(n2cc(Br)cn2)C1. The molecule has 0 saturated carbocycles. The molecule has 1 aromatic heterocycles. The number of aromatic nitrogens is 2. The van der Waals surface area contributed by atoms with Crippen LogP contribution in [0.3, 0.4) is 0 Å². The van der Waals surface area contributed by atoms with Gasteiger partial charge in [-0.1, -0.05) is 0 Å². The highest BCUT2D eigenvalue weighted by atomic mass is 79.9. The summed E-state index contributed by atoms with van der Waals surface area (Å²) in [6.45, 7) is 7.01. The third-order valence-electron chi connectivity index (χ3n) is 2.76. The highest BCUT2D eigenvalue weighted by molar-refractivity contribution is 9.10. The van der Waals surface area contributed by atoms with Crippen LogP contribution in [-0.2, 0) is 4.74 Å². The van der Waals surface area contributed by atoms with E-state index in [-0.39, 0.29) is 12.1 Å². The van der Waals surface area contributed by atoms with E-state index in [1.807, 2.05) is 31.6 Å². The molecule has 1 aliphatic rings. The Morgan fingerprint density at radius 3 is 2.83 bits per heavy atom. The van der Waals surface area contributed by atoms with E-state index in [0.29, 0.717) is 6.54 Å². The van der Waals surface area contributed by atoms with Gasteiger partial charge in [0.1, 0.15) is 5.60 Å². The van der Waals surface area contributed by atoms with Crippen molar-refractivity contribution in [2.75, 3.05) is 13.1 Å². The van der Waals surface area contributed by atoms with Gasteiger partial charge in [0.2, 0.25) is 0 Å². The Labute approximate surface area is 115 Å². The predicted molar refractivity (Wildman–Crippen MR) is 71.4 cm³/mol. The lowest BCUT2D eigenvalue weighted by atomic mass is 10.2. The number of rotatable bonds is 1. The Hall–Kier alpha value is -1.04. The Balaban J connectivity index is 1.94. The first kappa shape index (κ1) is 13.4. The lowest BCUT2D eigenvalue weighted by molar-refractivity contribution is 0.0288. The van der Waals surface area contributed by atoms with Crippen LogP contribution < -0.4 is 0 Å². The summed E-state index contributed by atoms with van der Waals surface area (Å²) in [5.41, 5.74) is -0.441. The second-order valence-corrected chi connectivity index (χ2v) is 6.42. The van der Waals surface area contributed by atoms with Crippen molar-refractivity contribution >= 4 is 22.0 Å². The van der Waals surface area contributed by atoms with E-state index in [1.165, 1.54) is 0 Å². The van der Waals surface area contributed by atoms with Gasteiger partial charge in [0.15, 0.2) is 0 Å². The maximum atomic E-state index is 11.9. The summed E-state index contributed by atoms with van der Waals surface area (Å²) in [6, 6.07) is 0.240. The number of carbonyl (C=O) groups excluding carboxylic acids is 1. The van der Waals surface area contributed by atoms with Gasteiger partial charge < -0.3 is 9.64 Å². The molecule has 1 atom stereocenters. The van der Waals surface area contributed by atoms with Crippen molar-refractivity contribution in [1.82, 2.24) is 14.7 Å². The van der Waals surface area contributed by atoms with Gasteiger partial charge in [0, 0.05) is 19.3 Å². The van der Waals surface area contributed by atoms with Crippen LogP contribution in [0, 0.1) is 0 Å². The number of amides is 1. The molecule has 18 heavy (non-hydrogen) atoms. The fraction of sp³-hybridized carbons (Fsp3) is 0.667. The molecule has 1 aliphatic heterocycles. The van der Waals surface area contributed by atoms with Gasteiger partial charge in [-0.15, -0.1) is 0 Å². The van der Waals surface area contributed by atoms with Crippen molar-refractivity contribution in [3.63, 3.8) is 0 Å². The Bertz CT molecular complexity index is 439. The van der Waals surface area contributed by atoms with Gasteiger partial charge >= 0.3 is 6.09 Å². The molecule has 5 nitrogen and oxygen atoms in total. The summed E-state index contributed by atoms with van der Waals surface area (Å²) in [5, 5.41) is 4.26. The summed E-state index contributed by atoms with van der Waals surface area (Å²) in [4.78, 5) is 13.6. The fourth-order valence-corrected chi connectivity index (χ4v) is 2.27. The number of likely N-dealkylation sites (tertiary alicyclic amines) is 1. The first-order chi connectivity index (χ1) is 8.35. The van der Waals surface area contributed by atoms with Crippen molar-refractivity contribution in [1.29, 1.82) is 0 Å². The van der Waals surface area contributed by atoms with Gasteiger partial charge in [0.05, 0.1) is 16.7 Å². The molecule has 0 radical (unpaired) electrons. The van der Waals surface area contributed by atoms with Crippen molar-refractivity contribution in [2.45, 2.75) is 38.8 Å². The summed E-state index contributed by atoms with van der Waals surface area (Å²) in [6.07, 6.45) is 4.36. The normalized spacial score (nSPS) is 20.2. The molecule has 1 aromatic rings. The van der Waals surface area contributed by atoms with Crippen LogP contribution in [0.2, 0.25) is 0 Å². The van der Waals surface area contributed by atoms with Crippen molar-refractivity contribution in [3.8, 4) is 0 Å². The standard InChI is InChI=1S/C12H18BrN3O2/c1-12(2,3)18-11(17)15-5-4-10(8-15)16-7-9(13)6-14-16/h6-7,10H,4-5,8H2,1-3H3. The number of carbonyl (C=O) groups is 1.